The lowest BCUT2D eigenvalue weighted by molar-refractivity contribution is 0.418. The van der Waals surface area contributed by atoms with Gasteiger partial charge in [-0.25, -0.2) is 0 Å². The standard InChI is InChI=1S/C16H22N2O/c1-5-13-15(14-9-7-6-8-12(14)4)18(10-11(2)3)17-16(13)19/h6-9,11H,5,10H2,1-4H3,(H,17,19). The highest BCUT2D eigenvalue weighted by Crippen LogP contribution is 2.32. The number of aromatic hydroxyl groups is 1. The van der Waals surface area contributed by atoms with E-state index in [1.807, 2.05) is 16.8 Å². The second-order valence-electron chi connectivity index (χ2n) is 5.40. The predicted octanol–water partition coefficient (Wildman–Crippen LogP) is 3.78. The third-order valence-electron chi connectivity index (χ3n) is 3.32. The molecule has 0 aliphatic carbocycles. The number of aryl methyl sites for hydroxylation is 1. The smallest absolute Gasteiger partial charge is 0.234 e. The van der Waals surface area contributed by atoms with Crippen LogP contribution in [0.4, 0.5) is 0 Å². The van der Waals surface area contributed by atoms with E-state index < -0.39 is 0 Å². The van der Waals surface area contributed by atoms with Gasteiger partial charge < -0.3 is 5.11 Å². The number of nitrogens with zero attached hydrogens (tertiary/aromatic N) is 2. The van der Waals surface area contributed by atoms with Crippen LogP contribution >= 0.6 is 0 Å². The summed E-state index contributed by atoms with van der Waals surface area (Å²) in [6.07, 6.45) is 0.785. The second-order valence-corrected chi connectivity index (χ2v) is 5.40. The zero-order chi connectivity index (χ0) is 14.0. The minimum Gasteiger partial charge on any atom is -0.492 e. The minimum atomic E-state index is 0.168. The van der Waals surface area contributed by atoms with Crippen LogP contribution in [0.5, 0.6) is 5.88 Å². The van der Waals surface area contributed by atoms with Crippen molar-refractivity contribution in [3.63, 3.8) is 0 Å². The van der Waals surface area contributed by atoms with Crippen molar-refractivity contribution in [2.75, 3.05) is 0 Å². The second kappa shape index (κ2) is 5.47. The zero-order valence-electron chi connectivity index (χ0n) is 12.1. The molecule has 0 spiro atoms. The Morgan fingerprint density at radius 3 is 2.53 bits per heavy atom. The van der Waals surface area contributed by atoms with Gasteiger partial charge in [0.05, 0.1) is 5.69 Å². The number of benzene rings is 1. The lowest BCUT2D eigenvalue weighted by atomic mass is 10.0. The van der Waals surface area contributed by atoms with Gasteiger partial charge in [0.1, 0.15) is 0 Å². The monoisotopic (exact) mass is 258 g/mol. The van der Waals surface area contributed by atoms with Crippen molar-refractivity contribution in [3.05, 3.63) is 35.4 Å². The molecule has 1 aromatic heterocycles. The highest BCUT2D eigenvalue weighted by molar-refractivity contribution is 5.69. The van der Waals surface area contributed by atoms with E-state index in [0.717, 1.165) is 29.8 Å². The first-order valence-corrected chi connectivity index (χ1v) is 6.89. The third-order valence-corrected chi connectivity index (χ3v) is 3.32. The topological polar surface area (TPSA) is 38.1 Å². The van der Waals surface area contributed by atoms with Gasteiger partial charge in [0.2, 0.25) is 5.88 Å². The Balaban J connectivity index is 2.62. The maximum absolute atomic E-state index is 10.0. The molecule has 0 radical (unpaired) electrons. The van der Waals surface area contributed by atoms with Gasteiger partial charge in [0.25, 0.3) is 0 Å². The first kappa shape index (κ1) is 13.7. The fourth-order valence-electron chi connectivity index (χ4n) is 2.43. The molecule has 0 saturated heterocycles. The fraction of sp³-hybridized carbons (Fsp3) is 0.438. The quantitative estimate of drug-likeness (QED) is 0.906. The largest absolute Gasteiger partial charge is 0.492 e. The Bertz CT molecular complexity index is 570. The lowest BCUT2D eigenvalue weighted by Crippen LogP contribution is -2.08. The summed E-state index contributed by atoms with van der Waals surface area (Å²) in [6, 6.07) is 8.26. The molecule has 0 amide bonds. The Kier molecular flexibility index (Phi) is 3.93. The molecule has 0 saturated carbocycles. The summed E-state index contributed by atoms with van der Waals surface area (Å²) in [4.78, 5) is 0. The van der Waals surface area contributed by atoms with Crippen molar-refractivity contribution < 1.29 is 5.11 Å². The molecule has 1 N–H and O–H groups in total. The van der Waals surface area contributed by atoms with Gasteiger partial charge in [-0.3, -0.25) is 4.68 Å². The molecule has 0 aliphatic heterocycles. The summed E-state index contributed by atoms with van der Waals surface area (Å²) >= 11 is 0. The molecule has 0 aliphatic rings. The van der Waals surface area contributed by atoms with Crippen LogP contribution in [0.15, 0.2) is 24.3 Å². The number of rotatable bonds is 4. The Labute approximate surface area is 114 Å². The highest BCUT2D eigenvalue weighted by atomic mass is 16.3. The van der Waals surface area contributed by atoms with Crippen LogP contribution in [0, 0.1) is 12.8 Å². The summed E-state index contributed by atoms with van der Waals surface area (Å²) in [5.41, 5.74) is 4.37. The van der Waals surface area contributed by atoms with Crippen LogP contribution in [0.2, 0.25) is 0 Å². The minimum absolute atomic E-state index is 0.168. The first-order valence-electron chi connectivity index (χ1n) is 6.89. The van der Waals surface area contributed by atoms with Crippen molar-refractivity contribution in [2.45, 2.75) is 40.7 Å². The van der Waals surface area contributed by atoms with E-state index in [-0.39, 0.29) is 5.88 Å². The van der Waals surface area contributed by atoms with E-state index in [9.17, 15) is 5.11 Å². The molecule has 19 heavy (non-hydrogen) atoms. The first-order chi connectivity index (χ1) is 9.04. The van der Waals surface area contributed by atoms with E-state index in [1.165, 1.54) is 5.56 Å². The molecule has 2 aromatic rings. The fourth-order valence-corrected chi connectivity index (χ4v) is 2.43. The summed E-state index contributed by atoms with van der Waals surface area (Å²) in [5, 5.41) is 14.4. The maximum atomic E-state index is 10.0. The molecule has 1 heterocycles. The molecule has 102 valence electrons. The molecular weight excluding hydrogens is 236 g/mol. The molecule has 0 unspecified atom stereocenters. The van der Waals surface area contributed by atoms with Crippen LogP contribution in [0.25, 0.3) is 11.3 Å². The third kappa shape index (κ3) is 2.65. The number of aromatic nitrogens is 2. The van der Waals surface area contributed by atoms with E-state index in [2.05, 4.69) is 44.9 Å². The summed E-state index contributed by atoms with van der Waals surface area (Å²) in [5.74, 6) is 0.660. The molecule has 3 heteroatoms. The summed E-state index contributed by atoms with van der Waals surface area (Å²) in [6.45, 7) is 9.28. The molecule has 2 rings (SSSR count). The molecule has 1 aromatic carbocycles. The van der Waals surface area contributed by atoms with Gasteiger partial charge in [0.15, 0.2) is 0 Å². The highest BCUT2D eigenvalue weighted by Gasteiger charge is 2.19. The molecule has 0 atom stereocenters. The van der Waals surface area contributed by atoms with Gasteiger partial charge in [0, 0.05) is 17.7 Å². The number of hydrogen-bond donors (Lipinski definition) is 1. The van der Waals surface area contributed by atoms with Crippen LogP contribution in [0.3, 0.4) is 0 Å². The van der Waals surface area contributed by atoms with Crippen molar-refractivity contribution in [3.8, 4) is 17.1 Å². The maximum Gasteiger partial charge on any atom is 0.234 e. The SMILES string of the molecule is CCc1c(O)nn(CC(C)C)c1-c1ccccc1C. The Morgan fingerprint density at radius 2 is 1.95 bits per heavy atom. The lowest BCUT2D eigenvalue weighted by Gasteiger charge is -2.13. The summed E-state index contributed by atoms with van der Waals surface area (Å²) < 4.78 is 1.95. The van der Waals surface area contributed by atoms with Crippen LogP contribution < -0.4 is 0 Å². The van der Waals surface area contributed by atoms with Crippen molar-refractivity contribution >= 4 is 0 Å². The van der Waals surface area contributed by atoms with Gasteiger partial charge >= 0.3 is 0 Å². The average Bonchev–Trinajstić information content (AvgIpc) is 2.64. The van der Waals surface area contributed by atoms with Crippen molar-refractivity contribution in [2.24, 2.45) is 5.92 Å². The Hall–Kier alpha value is -1.77. The van der Waals surface area contributed by atoms with Gasteiger partial charge in [-0.15, -0.1) is 5.10 Å². The molecule has 3 nitrogen and oxygen atoms in total. The van der Waals surface area contributed by atoms with Crippen LogP contribution in [-0.2, 0) is 13.0 Å². The molecular formula is C16H22N2O. The normalized spacial score (nSPS) is 11.2. The van der Waals surface area contributed by atoms with E-state index in [1.54, 1.807) is 0 Å². The van der Waals surface area contributed by atoms with Crippen LogP contribution in [0.1, 0.15) is 31.9 Å². The zero-order valence-corrected chi connectivity index (χ0v) is 12.1. The van der Waals surface area contributed by atoms with E-state index in [4.69, 9.17) is 0 Å². The van der Waals surface area contributed by atoms with Crippen molar-refractivity contribution in [1.29, 1.82) is 0 Å². The summed E-state index contributed by atoms with van der Waals surface area (Å²) in [7, 11) is 0. The van der Waals surface area contributed by atoms with E-state index >= 15 is 0 Å². The van der Waals surface area contributed by atoms with E-state index in [0.29, 0.717) is 5.92 Å². The van der Waals surface area contributed by atoms with Crippen LogP contribution in [-0.4, -0.2) is 14.9 Å². The Morgan fingerprint density at radius 1 is 1.26 bits per heavy atom. The van der Waals surface area contributed by atoms with Gasteiger partial charge in [-0.2, -0.15) is 0 Å². The number of hydrogen-bond acceptors (Lipinski definition) is 2. The molecule has 0 bridgehead atoms. The van der Waals surface area contributed by atoms with Gasteiger partial charge in [-0.05, 0) is 24.8 Å². The predicted molar refractivity (Wildman–Crippen MR) is 78.3 cm³/mol. The molecule has 0 fully saturated rings. The van der Waals surface area contributed by atoms with Gasteiger partial charge in [-0.1, -0.05) is 45.0 Å². The van der Waals surface area contributed by atoms with Crippen molar-refractivity contribution in [1.82, 2.24) is 9.78 Å². The average molecular weight is 258 g/mol.